The molecule has 1 aromatic carbocycles. The molecule has 0 amide bonds. The normalized spacial score (nSPS) is 10.9. The summed E-state index contributed by atoms with van der Waals surface area (Å²) in [6.45, 7) is 5.13. The standard InChI is InChI=1S/C13H17FN4S/c1-3-18-12(7-15)16-17-13(18)19-8-10-4-5-11(14)6-9(10)2/h4-6H,3,7-8,15H2,1-2H3. The maximum Gasteiger partial charge on any atom is 0.191 e. The largest absolute Gasteiger partial charge is 0.324 e. The van der Waals surface area contributed by atoms with Crippen LogP contribution in [0.4, 0.5) is 4.39 Å². The van der Waals surface area contributed by atoms with Gasteiger partial charge in [0, 0.05) is 12.3 Å². The summed E-state index contributed by atoms with van der Waals surface area (Å²) in [5.41, 5.74) is 7.67. The van der Waals surface area contributed by atoms with Gasteiger partial charge in [0.25, 0.3) is 0 Å². The first kappa shape index (κ1) is 14.0. The smallest absolute Gasteiger partial charge is 0.191 e. The van der Waals surface area contributed by atoms with Gasteiger partial charge in [0.2, 0.25) is 0 Å². The lowest BCUT2D eigenvalue weighted by molar-refractivity contribution is 0.626. The second-order valence-electron chi connectivity index (χ2n) is 4.21. The number of aromatic nitrogens is 3. The van der Waals surface area contributed by atoms with Crippen LogP contribution in [0.5, 0.6) is 0 Å². The number of rotatable bonds is 5. The van der Waals surface area contributed by atoms with E-state index in [1.54, 1.807) is 17.8 Å². The second kappa shape index (κ2) is 6.16. The van der Waals surface area contributed by atoms with Crippen molar-refractivity contribution in [3.05, 3.63) is 41.0 Å². The molecule has 2 aromatic rings. The molecule has 0 fully saturated rings. The Hall–Kier alpha value is -1.40. The minimum absolute atomic E-state index is 0.201. The summed E-state index contributed by atoms with van der Waals surface area (Å²) in [7, 11) is 0. The van der Waals surface area contributed by atoms with E-state index in [0.29, 0.717) is 6.54 Å². The van der Waals surface area contributed by atoms with Crippen molar-refractivity contribution < 1.29 is 4.39 Å². The van der Waals surface area contributed by atoms with E-state index in [1.165, 1.54) is 6.07 Å². The third-order valence-electron chi connectivity index (χ3n) is 2.95. The molecule has 0 aliphatic rings. The van der Waals surface area contributed by atoms with Gasteiger partial charge >= 0.3 is 0 Å². The first-order chi connectivity index (χ1) is 9.15. The van der Waals surface area contributed by atoms with Gasteiger partial charge in [0.05, 0.1) is 6.54 Å². The van der Waals surface area contributed by atoms with Gasteiger partial charge < -0.3 is 10.3 Å². The summed E-state index contributed by atoms with van der Waals surface area (Å²) in [6.07, 6.45) is 0. The molecule has 2 N–H and O–H groups in total. The van der Waals surface area contributed by atoms with Crippen LogP contribution in [0.15, 0.2) is 23.4 Å². The van der Waals surface area contributed by atoms with Gasteiger partial charge in [-0.2, -0.15) is 0 Å². The van der Waals surface area contributed by atoms with Gasteiger partial charge in [-0.15, -0.1) is 10.2 Å². The van der Waals surface area contributed by atoms with E-state index in [1.807, 2.05) is 24.5 Å². The van der Waals surface area contributed by atoms with Gasteiger partial charge in [-0.25, -0.2) is 4.39 Å². The van der Waals surface area contributed by atoms with E-state index in [0.717, 1.165) is 34.4 Å². The Bertz CT molecular complexity index is 568. The van der Waals surface area contributed by atoms with Crippen molar-refractivity contribution >= 4 is 11.8 Å². The third kappa shape index (κ3) is 3.13. The van der Waals surface area contributed by atoms with E-state index < -0.39 is 0 Å². The van der Waals surface area contributed by atoms with Crippen LogP contribution in [0, 0.1) is 12.7 Å². The van der Waals surface area contributed by atoms with Crippen molar-refractivity contribution in [2.24, 2.45) is 5.73 Å². The predicted molar refractivity (Wildman–Crippen MR) is 74.3 cm³/mol. The van der Waals surface area contributed by atoms with Crippen LogP contribution in [-0.4, -0.2) is 14.8 Å². The van der Waals surface area contributed by atoms with E-state index in [-0.39, 0.29) is 5.82 Å². The van der Waals surface area contributed by atoms with Crippen molar-refractivity contribution in [2.75, 3.05) is 0 Å². The molecule has 0 radical (unpaired) electrons. The highest BCUT2D eigenvalue weighted by molar-refractivity contribution is 7.98. The molecule has 0 atom stereocenters. The van der Waals surface area contributed by atoms with E-state index in [9.17, 15) is 4.39 Å². The monoisotopic (exact) mass is 280 g/mol. The third-order valence-corrected chi connectivity index (χ3v) is 3.97. The molecule has 102 valence electrons. The average molecular weight is 280 g/mol. The Morgan fingerprint density at radius 2 is 2.16 bits per heavy atom. The minimum Gasteiger partial charge on any atom is -0.324 e. The summed E-state index contributed by atoms with van der Waals surface area (Å²) >= 11 is 1.59. The summed E-state index contributed by atoms with van der Waals surface area (Å²) < 4.78 is 15.0. The molecular weight excluding hydrogens is 263 g/mol. The Labute approximate surface area is 116 Å². The van der Waals surface area contributed by atoms with Crippen LogP contribution in [-0.2, 0) is 18.8 Å². The highest BCUT2D eigenvalue weighted by Gasteiger charge is 2.10. The maximum absolute atomic E-state index is 13.0. The predicted octanol–water partition coefficient (Wildman–Crippen LogP) is 2.50. The number of halogens is 1. The fourth-order valence-electron chi connectivity index (χ4n) is 1.86. The molecular formula is C13H17FN4S. The molecule has 0 saturated heterocycles. The van der Waals surface area contributed by atoms with Crippen LogP contribution < -0.4 is 5.73 Å². The molecule has 4 nitrogen and oxygen atoms in total. The average Bonchev–Trinajstić information content (AvgIpc) is 2.79. The van der Waals surface area contributed by atoms with Crippen molar-refractivity contribution in [3.63, 3.8) is 0 Å². The summed E-state index contributed by atoms with van der Waals surface area (Å²) in [6, 6.07) is 4.85. The summed E-state index contributed by atoms with van der Waals surface area (Å²) in [5.74, 6) is 1.34. The van der Waals surface area contributed by atoms with Crippen molar-refractivity contribution in [1.82, 2.24) is 14.8 Å². The molecule has 0 aliphatic carbocycles. The Balaban J connectivity index is 2.12. The van der Waals surface area contributed by atoms with Crippen LogP contribution >= 0.6 is 11.8 Å². The Morgan fingerprint density at radius 1 is 1.37 bits per heavy atom. The first-order valence-corrected chi connectivity index (χ1v) is 7.14. The Kier molecular flexibility index (Phi) is 4.55. The molecule has 1 aromatic heterocycles. The van der Waals surface area contributed by atoms with E-state index >= 15 is 0 Å². The SMILES string of the molecule is CCn1c(CN)nnc1SCc1ccc(F)cc1C. The lowest BCUT2D eigenvalue weighted by Gasteiger charge is -2.07. The molecule has 19 heavy (non-hydrogen) atoms. The number of nitrogens with two attached hydrogens (primary N) is 1. The zero-order valence-corrected chi connectivity index (χ0v) is 11.9. The van der Waals surface area contributed by atoms with Gasteiger partial charge in [-0.3, -0.25) is 0 Å². The van der Waals surface area contributed by atoms with Gasteiger partial charge in [-0.05, 0) is 37.1 Å². The first-order valence-electron chi connectivity index (χ1n) is 6.15. The lowest BCUT2D eigenvalue weighted by Crippen LogP contribution is -2.08. The molecule has 0 bridgehead atoms. The number of thioether (sulfide) groups is 1. The molecule has 6 heteroatoms. The quantitative estimate of drug-likeness (QED) is 0.855. The number of aryl methyl sites for hydroxylation is 1. The number of nitrogens with zero attached hydrogens (tertiary/aromatic N) is 3. The highest BCUT2D eigenvalue weighted by atomic mass is 32.2. The number of benzene rings is 1. The molecule has 0 aliphatic heterocycles. The molecule has 0 saturated carbocycles. The fourth-order valence-corrected chi connectivity index (χ4v) is 2.96. The lowest BCUT2D eigenvalue weighted by atomic mass is 10.1. The summed E-state index contributed by atoms with van der Waals surface area (Å²) in [4.78, 5) is 0. The van der Waals surface area contributed by atoms with Crippen LogP contribution in [0.25, 0.3) is 0 Å². The van der Waals surface area contributed by atoms with E-state index in [4.69, 9.17) is 5.73 Å². The van der Waals surface area contributed by atoms with Crippen LogP contribution in [0.1, 0.15) is 23.9 Å². The van der Waals surface area contributed by atoms with Gasteiger partial charge in [0.1, 0.15) is 11.6 Å². The molecule has 2 rings (SSSR count). The zero-order valence-electron chi connectivity index (χ0n) is 11.1. The van der Waals surface area contributed by atoms with Gasteiger partial charge in [-0.1, -0.05) is 17.8 Å². The maximum atomic E-state index is 13.0. The van der Waals surface area contributed by atoms with Crippen molar-refractivity contribution in [1.29, 1.82) is 0 Å². The molecule has 1 heterocycles. The summed E-state index contributed by atoms with van der Waals surface area (Å²) in [5, 5.41) is 9.06. The zero-order chi connectivity index (χ0) is 13.8. The topological polar surface area (TPSA) is 56.7 Å². The van der Waals surface area contributed by atoms with Crippen LogP contribution in [0.2, 0.25) is 0 Å². The molecule has 0 unspecified atom stereocenters. The van der Waals surface area contributed by atoms with Gasteiger partial charge in [0.15, 0.2) is 5.16 Å². The fraction of sp³-hybridized carbons (Fsp3) is 0.385. The minimum atomic E-state index is -0.201. The highest BCUT2D eigenvalue weighted by Crippen LogP contribution is 2.24. The van der Waals surface area contributed by atoms with E-state index in [2.05, 4.69) is 10.2 Å². The molecule has 0 spiro atoms. The number of hydrogen-bond acceptors (Lipinski definition) is 4. The van der Waals surface area contributed by atoms with Crippen LogP contribution in [0.3, 0.4) is 0 Å². The second-order valence-corrected chi connectivity index (χ2v) is 5.15. The van der Waals surface area contributed by atoms with Crippen molar-refractivity contribution in [3.8, 4) is 0 Å². The van der Waals surface area contributed by atoms with Crippen molar-refractivity contribution in [2.45, 2.75) is 37.8 Å². The Morgan fingerprint density at radius 3 is 2.79 bits per heavy atom. The number of hydrogen-bond donors (Lipinski definition) is 1.